The van der Waals surface area contributed by atoms with Crippen LogP contribution in [0.4, 0.5) is 0 Å². The molecule has 0 amide bonds. The Hall–Kier alpha value is -5.94. The number of aromatic nitrogens is 4. The summed E-state index contributed by atoms with van der Waals surface area (Å²) >= 11 is 0. The van der Waals surface area contributed by atoms with Gasteiger partial charge in [-0.05, 0) is 48.5 Å². The fourth-order valence-electron chi connectivity index (χ4n) is 6.51. The molecule has 0 radical (unpaired) electrons. The first-order chi connectivity index (χ1) is 21.4. The summed E-state index contributed by atoms with van der Waals surface area (Å²) in [4.78, 5) is 0. The number of fused-ring (bicyclic) bond motifs is 6. The maximum atomic E-state index is 6.60. The molecule has 202 valence electrons. The van der Waals surface area contributed by atoms with E-state index in [0.717, 1.165) is 55.3 Å². The highest BCUT2D eigenvalue weighted by Gasteiger charge is 2.22. The molecular weight excluding hydrogens is 528 g/mol. The maximum Gasteiger partial charge on any atom is 0.250 e. The van der Waals surface area contributed by atoms with Crippen LogP contribution in [0.3, 0.4) is 0 Å². The van der Waals surface area contributed by atoms with Crippen LogP contribution >= 0.6 is 0 Å². The Labute approximate surface area is 246 Å². The number of hydrogen-bond acceptors (Lipinski definition) is 3. The monoisotopic (exact) mass is 552 g/mol. The summed E-state index contributed by atoms with van der Waals surface area (Å²) in [6, 6.07) is 50.5. The highest BCUT2D eigenvalue weighted by atomic mass is 16.4. The largest absolute Gasteiger partial charge is 0.416 e. The Morgan fingerprint density at radius 2 is 0.767 bits per heavy atom. The topological polar surface area (TPSA) is 48.8 Å². The van der Waals surface area contributed by atoms with Gasteiger partial charge in [-0.1, -0.05) is 97.1 Å². The van der Waals surface area contributed by atoms with Gasteiger partial charge in [-0.3, -0.25) is 0 Å². The standard InChI is InChI=1S/C38H24N4O/c1-3-13-25(14-4-1)41-33-23-9-7-17-27(33)29-19-11-21-31(35(29)41)37-39-40-38(43-37)32-22-12-20-30-28-18-8-10-24-34(28)42(36(30)32)26-15-5-2-6-16-26/h1-24H. The third-order valence-electron chi connectivity index (χ3n) is 8.30. The highest BCUT2D eigenvalue weighted by molar-refractivity contribution is 6.14. The Kier molecular flexibility index (Phi) is 5.13. The van der Waals surface area contributed by atoms with Crippen LogP contribution in [0.5, 0.6) is 0 Å². The van der Waals surface area contributed by atoms with E-state index in [0.29, 0.717) is 11.8 Å². The van der Waals surface area contributed by atoms with Crippen LogP contribution in [-0.2, 0) is 0 Å². The van der Waals surface area contributed by atoms with Crippen molar-refractivity contribution >= 4 is 43.6 Å². The fourth-order valence-corrected chi connectivity index (χ4v) is 6.51. The maximum absolute atomic E-state index is 6.60. The van der Waals surface area contributed by atoms with Crippen molar-refractivity contribution in [3.63, 3.8) is 0 Å². The normalized spacial score (nSPS) is 11.7. The van der Waals surface area contributed by atoms with E-state index in [2.05, 4.69) is 153 Å². The molecule has 0 saturated heterocycles. The van der Waals surface area contributed by atoms with Gasteiger partial charge in [-0.15, -0.1) is 10.2 Å². The molecule has 0 aliphatic carbocycles. The summed E-state index contributed by atoms with van der Waals surface area (Å²) in [5, 5.41) is 13.9. The van der Waals surface area contributed by atoms with Crippen LogP contribution < -0.4 is 0 Å². The van der Waals surface area contributed by atoms with Crippen molar-refractivity contribution in [2.75, 3.05) is 0 Å². The van der Waals surface area contributed by atoms with Crippen molar-refractivity contribution in [2.24, 2.45) is 0 Å². The molecule has 6 aromatic carbocycles. The molecule has 9 aromatic rings. The van der Waals surface area contributed by atoms with Crippen LogP contribution in [-0.4, -0.2) is 19.3 Å². The van der Waals surface area contributed by atoms with E-state index in [-0.39, 0.29) is 0 Å². The van der Waals surface area contributed by atoms with Crippen molar-refractivity contribution in [1.82, 2.24) is 19.3 Å². The van der Waals surface area contributed by atoms with Gasteiger partial charge in [0.15, 0.2) is 0 Å². The summed E-state index contributed by atoms with van der Waals surface area (Å²) in [6.07, 6.45) is 0. The first-order valence-electron chi connectivity index (χ1n) is 14.4. The zero-order valence-electron chi connectivity index (χ0n) is 23.1. The van der Waals surface area contributed by atoms with Crippen LogP contribution in [0.25, 0.3) is 77.9 Å². The van der Waals surface area contributed by atoms with Gasteiger partial charge in [0, 0.05) is 32.9 Å². The zero-order valence-corrected chi connectivity index (χ0v) is 23.1. The molecule has 0 N–H and O–H groups in total. The molecule has 5 nitrogen and oxygen atoms in total. The quantitative estimate of drug-likeness (QED) is 0.218. The Balaban J connectivity index is 1.30. The van der Waals surface area contributed by atoms with E-state index in [4.69, 9.17) is 4.42 Å². The lowest BCUT2D eigenvalue weighted by atomic mass is 10.1. The van der Waals surface area contributed by atoms with Crippen LogP contribution in [0.1, 0.15) is 0 Å². The number of benzene rings is 6. The van der Waals surface area contributed by atoms with Crippen LogP contribution in [0, 0.1) is 0 Å². The molecule has 0 saturated carbocycles. The SMILES string of the molecule is c1ccc(-n2c3ccccc3c3cccc(-c4nnc(-c5cccc6c7ccccc7n(-c7ccccc7)c56)o4)c32)cc1. The Morgan fingerprint density at radius 1 is 0.372 bits per heavy atom. The van der Waals surface area contributed by atoms with Crippen LogP contribution in [0.2, 0.25) is 0 Å². The van der Waals surface area contributed by atoms with Crippen molar-refractivity contribution in [3.8, 4) is 34.3 Å². The van der Waals surface area contributed by atoms with Gasteiger partial charge < -0.3 is 13.6 Å². The molecule has 3 aromatic heterocycles. The van der Waals surface area contributed by atoms with E-state index in [1.54, 1.807) is 0 Å². The van der Waals surface area contributed by atoms with Gasteiger partial charge in [0.25, 0.3) is 0 Å². The molecule has 43 heavy (non-hydrogen) atoms. The Bertz CT molecular complexity index is 2280. The van der Waals surface area contributed by atoms with Gasteiger partial charge in [-0.25, -0.2) is 0 Å². The van der Waals surface area contributed by atoms with E-state index < -0.39 is 0 Å². The molecule has 0 fully saturated rings. The first-order valence-corrected chi connectivity index (χ1v) is 14.4. The molecule has 0 bridgehead atoms. The van der Waals surface area contributed by atoms with Gasteiger partial charge >= 0.3 is 0 Å². The highest BCUT2D eigenvalue weighted by Crippen LogP contribution is 2.40. The molecular formula is C38H24N4O. The molecule has 3 heterocycles. The van der Waals surface area contributed by atoms with E-state index in [1.807, 2.05) is 12.1 Å². The second-order valence-corrected chi connectivity index (χ2v) is 10.7. The lowest BCUT2D eigenvalue weighted by molar-refractivity contribution is 0.585. The van der Waals surface area contributed by atoms with Crippen molar-refractivity contribution in [3.05, 3.63) is 146 Å². The van der Waals surface area contributed by atoms with E-state index in [9.17, 15) is 0 Å². The fraction of sp³-hybridized carbons (Fsp3) is 0. The molecule has 0 unspecified atom stereocenters. The Morgan fingerprint density at radius 3 is 1.23 bits per heavy atom. The van der Waals surface area contributed by atoms with E-state index in [1.165, 1.54) is 10.8 Å². The lowest BCUT2D eigenvalue weighted by Crippen LogP contribution is -1.95. The minimum Gasteiger partial charge on any atom is -0.416 e. The van der Waals surface area contributed by atoms with Crippen LogP contribution in [0.15, 0.2) is 150 Å². The molecule has 0 aliphatic heterocycles. The number of rotatable bonds is 4. The number of nitrogens with zero attached hydrogens (tertiary/aromatic N) is 4. The lowest BCUT2D eigenvalue weighted by Gasteiger charge is -2.10. The molecule has 0 atom stereocenters. The second-order valence-electron chi connectivity index (χ2n) is 10.7. The third kappa shape index (κ3) is 3.52. The average Bonchev–Trinajstić information content (AvgIpc) is 3.79. The molecule has 0 aliphatic rings. The van der Waals surface area contributed by atoms with Crippen molar-refractivity contribution in [1.29, 1.82) is 0 Å². The third-order valence-corrected chi connectivity index (χ3v) is 8.30. The summed E-state index contributed by atoms with van der Waals surface area (Å²) in [7, 11) is 0. The van der Waals surface area contributed by atoms with Gasteiger partial charge in [0.1, 0.15) is 0 Å². The summed E-state index contributed by atoms with van der Waals surface area (Å²) in [6.45, 7) is 0. The predicted octanol–water partition coefficient (Wildman–Crippen LogP) is 9.60. The minimum absolute atomic E-state index is 0.486. The van der Waals surface area contributed by atoms with Crippen molar-refractivity contribution in [2.45, 2.75) is 0 Å². The van der Waals surface area contributed by atoms with E-state index >= 15 is 0 Å². The molecule has 5 heteroatoms. The second kappa shape index (κ2) is 9.29. The summed E-state index contributed by atoms with van der Waals surface area (Å²) < 4.78 is 11.2. The summed E-state index contributed by atoms with van der Waals surface area (Å²) in [5.41, 5.74) is 8.31. The number of hydrogen-bond donors (Lipinski definition) is 0. The summed E-state index contributed by atoms with van der Waals surface area (Å²) in [5.74, 6) is 0.972. The van der Waals surface area contributed by atoms with Gasteiger partial charge in [-0.2, -0.15) is 0 Å². The smallest absolute Gasteiger partial charge is 0.250 e. The van der Waals surface area contributed by atoms with Gasteiger partial charge in [0.05, 0.1) is 33.2 Å². The predicted molar refractivity (Wildman–Crippen MR) is 174 cm³/mol. The average molecular weight is 553 g/mol. The number of para-hydroxylation sites is 6. The minimum atomic E-state index is 0.486. The first kappa shape index (κ1) is 23.7. The van der Waals surface area contributed by atoms with Gasteiger partial charge in [0.2, 0.25) is 11.8 Å². The van der Waals surface area contributed by atoms with Crippen molar-refractivity contribution < 1.29 is 4.42 Å². The molecule has 0 spiro atoms. The molecule has 9 rings (SSSR count). The zero-order chi connectivity index (χ0) is 28.3.